The molecule has 2 nitrogen and oxygen atoms in total. The lowest BCUT2D eigenvalue weighted by molar-refractivity contribution is 0.745. The molecular weight excluding hydrogens is 172 g/mol. The Morgan fingerprint density at radius 3 is 3.07 bits per heavy atom. The minimum Gasteiger partial charge on any atom is -0.308 e. The zero-order valence-electron chi connectivity index (χ0n) is 7.90. The maximum absolute atomic E-state index is 4.05. The van der Waals surface area contributed by atoms with E-state index in [2.05, 4.69) is 28.2 Å². The van der Waals surface area contributed by atoms with E-state index in [1.54, 1.807) is 6.20 Å². The van der Waals surface area contributed by atoms with E-state index in [1.807, 2.05) is 24.4 Å². The Bertz CT molecular complexity index is 384. The lowest BCUT2D eigenvalue weighted by atomic mass is 10.2. The van der Waals surface area contributed by atoms with Gasteiger partial charge in [0.05, 0.1) is 0 Å². The van der Waals surface area contributed by atoms with Crippen molar-refractivity contribution in [3.8, 4) is 0 Å². The van der Waals surface area contributed by atoms with Gasteiger partial charge in [-0.05, 0) is 23.8 Å². The van der Waals surface area contributed by atoms with Gasteiger partial charge in [0.15, 0.2) is 0 Å². The molecule has 70 valence electrons. The fourth-order valence-electron chi connectivity index (χ4n) is 1.32. The number of allylic oxidation sites excluding steroid dienone is 1. The molecule has 2 rings (SSSR count). The summed E-state index contributed by atoms with van der Waals surface area (Å²) in [5, 5.41) is 3.33. The molecule has 0 fully saturated rings. The van der Waals surface area contributed by atoms with Crippen LogP contribution in [0.4, 0.5) is 0 Å². The van der Waals surface area contributed by atoms with E-state index in [4.69, 9.17) is 0 Å². The molecule has 0 amide bonds. The second-order valence-corrected chi connectivity index (χ2v) is 3.16. The van der Waals surface area contributed by atoms with Crippen molar-refractivity contribution in [2.75, 3.05) is 6.54 Å². The average molecular weight is 184 g/mol. The summed E-state index contributed by atoms with van der Waals surface area (Å²) in [6.45, 7) is 1.72. The smallest absolute Gasteiger partial charge is 0.0312 e. The Hall–Kier alpha value is -1.63. The number of pyridine rings is 1. The molecular formula is C12H12N2. The van der Waals surface area contributed by atoms with Gasteiger partial charge >= 0.3 is 0 Å². The average Bonchev–Trinajstić information content (AvgIpc) is 2.72. The van der Waals surface area contributed by atoms with Crippen LogP contribution in [0.25, 0.3) is 0 Å². The molecule has 0 saturated carbocycles. The molecule has 0 unspecified atom stereocenters. The maximum Gasteiger partial charge on any atom is 0.0312 e. The zero-order chi connectivity index (χ0) is 9.64. The third-order valence-corrected chi connectivity index (χ3v) is 2.03. The fraction of sp³-hybridized carbons (Fsp3) is 0.167. The van der Waals surface area contributed by atoms with Crippen molar-refractivity contribution in [2.24, 2.45) is 0 Å². The molecule has 1 aliphatic carbocycles. The summed E-state index contributed by atoms with van der Waals surface area (Å²) < 4.78 is 0. The van der Waals surface area contributed by atoms with E-state index in [0.717, 1.165) is 13.1 Å². The van der Waals surface area contributed by atoms with Gasteiger partial charge < -0.3 is 5.32 Å². The van der Waals surface area contributed by atoms with Crippen molar-refractivity contribution in [2.45, 2.75) is 6.54 Å². The second-order valence-electron chi connectivity index (χ2n) is 3.16. The van der Waals surface area contributed by atoms with Crippen molar-refractivity contribution in [1.29, 1.82) is 0 Å². The number of nitrogens with one attached hydrogen (secondary N) is 1. The van der Waals surface area contributed by atoms with Crippen molar-refractivity contribution >= 4 is 0 Å². The molecule has 1 aliphatic rings. The first-order valence-corrected chi connectivity index (χ1v) is 4.67. The Labute approximate surface area is 83.7 Å². The molecule has 1 N–H and O–H groups in total. The first-order valence-electron chi connectivity index (χ1n) is 4.67. The zero-order valence-corrected chi connectivity index (χ0v) is 7.90. The largest absolute Gasteiger partial charge is 0.308 e. The summed E-state index contributed by atoms with van der Waals surface area (Å²) in [6.07, 6.45) is 9.66. The highest BCUT2D eigenvalue weighted by molar-refractivity contribution is 5.29. The molecule has 0 bridgehead atoms. The van der Waals surface area contributed by atoms with Crippen molar-refractivity contribution in [3.05, 3.63) is 59.6 Å². The van der Waals surface area contributed by atoms with Crippen molar-refractivity contribution in [1.82, 2.24) is 10.3 Å². The van der Waals surface area contributed by atoms with E-state index in [1.165, 1.54) is 11.1 Å². The van der Waals surface area contributed by atoms with Gasteiger partial charge in [0, 0.05) is 31.1 Å². The van der Waals surface area contributed by atoms with Crippen LogP contribution >= 0.6 is 0 Å². The molecule has 1 heterocycles. The minimum atomic E-state index is 0.854. The van der Waals surface area contributed by atoms with E-state index in [0.29, 0.717) is 0 Å². The van der Waals surface area contributed by atoms with Crippen LogP contribution in [0.1, 0.15) is 5.56 Å². The fourth-order valence-corrected chi connectivity index (χ4v) is 1.32. The molecule has 0 aliphatic heterocycles. The Kier molecular flexibility index (Phi) is 2.92. The first-order chi connectivity index (χ1) is 6.95. The Morgan fingerprint density at radius 2 is 2.36 bits per heavy atom. The number of aromatic nitrogens is 1. The highest BCUT2D eigenvalue weighted by atomic mass is 14.8. The molecule has 14 heavy (non-hydrogen) atoms. The predicted molar refractivity (Wildman–Crippen MR) is 56.7 cm³/mol. The van der Waals surface area contributed by atoms with Gasteiger partial charge in [-0.15, -0.1) is 5.73 Å². The standard InChI is InChI=1S/C12H12N2/c1-2-5-11(4-1)8-14-10-12-6-3-7-13-9-12/h1-4,6-7,9,14H,8,10H2. The molecule has 0 atom stereocenters. The molecule has 1 aromatic heterocycles. The summed E-state index contributed by atoms with van der Waals surface area (Å²) in [7, 11) is 0. The molecule has 0 spiro atoms. The summed E-state index contributed by atoms with van der Waals surface area (Å²) >= 11 is 0. The molecule has 0 aromatic carbocycles. The second kappa shape index (κ2) is 4.56. The minimum absolute atomic E-state index is 0.854. The first kappa shape index (κ1) is 8.95. The molecule has 0 saturated heterocycles. The van der Waals surface area contributed by atoms with Crippen LogP contribution in [0, 0.1) is 0 Å². The SMILES string of the molecule is C1=CC=CC=1CNCc1cccnc1. The van der Waals surface area contributed by atoms with Crippen LogP contribution in [0.3, 0.4) is 0 Å². The van der Waals surface area contributed by atoms with Gasteiger partial charge in [0.1, 0.15) is 0 Å². The summed E-state index contributed by atoms with van der Waals surface area (Å²) in [4.78, 5) is 4.05. The number of nitrogens with zero attached hydrogens (tertiary/aromatic N) is 1. The number of hydrogen-bond acceptors (Lipinski definition) is 2. The molecule has 0 radical (unpaired) electrons. The molecule has 2 heteroatoms. The van der Waals surface area contributed by atoms with Crippen LogP contribution in [0.15, 0.2) is 54.1 Å². The van der Waals surface area contributed by atoms with Crippen LogP contribution in [0.5, 0.6) is 0 Å². The predicted octanol–water partition coefficient (Wildman–Crippen LogP) is 1.82. The third-order valence-electron chi connectivity index (χ3n) is 2.03. The number of rotatable bonds is 4. The van der Waals surface area contributed by atoms with Crippen molar-refractivity contribution in [3.63, 3.8) is 0 Å². The lowest BCUT2D eigenvalue weighted by Crippen LogP contribution is -2.15. The van der Waals surface area contributed by atoms with Crippen LogP contribution in [-0.2, 0) is 6.54 Å². The normalized spacial score (nSPS) is 13.3. The van der Waals surface area contributed by atoms with Gasteiger partial charge in [0.2, 0.25) is 0 Å². The Balaban J connectivity index is 1.79. The monoisotopic (exact) mass is 184 g/mol. The molecule has 1 aromatic rings. The third kappa shape index (κ3) is 2.43. The van der Waals surface area contributed by atoms with Crippen LogP contribution in [-0.4, -0.2) is 11.5 Å². The van der Waals surface area contributed by atoms with E-state index in [-0.39, 0.29) is 0 Å². The topological polar surface area (TPSA) is 24.9 Å². The lowest BCUT2D eigenvalue weighted by Gasteiger charge is -2.02. The van der Waals surface area contributed by atoms with Gasteiger partial charge in [-0.1, -0.05) is 12.1 Å². The number of hydrogen-bond donors (Lipinski definition) is 1. The highest BCUT2D eigenvalue weighted by Crippen LogP contribution is 2.00. The highest BCUT2D eigenvalue weighted by Gasteiger charge is 1.94. The van der Waals surface area contributed by atoms with Crippen molar-refractivity contribution < 1.29 is 0 Å². The summed E-state index contributed by atoms with van der Waals surface area (Å²) in [5.41, 5.74) is 5.56. The quantitative estimate of drug-likeness (QED) is 0.722. The van der Waals surface area contributed by atoms with Crippen LogP contribution in [0.2, 0.25) is 0 Å². The van der Waals surface area contributed by atoms with Gasteiger partial charge in [-0.3, -0.25) is 4.98 Å². The maximum atomic E-state index is 4.05. The van der Waals surface area contributed by atoms with Gasteiger partial charge in [0.25, 0.3) is 0 Å². The van der Waals surface area contributed by atoms with E-state index < -0.39 is 0 Å². The van der Waals surface area contributed by atoms with Gasteiger partial charge in [-0.25, -0.2) is 0 Å². The summed E-state index contributed by atoms with van der Waals surface area (Å²) in [6, 6.07) is 4.01. The van der Waals surface area contributed by atoms with E-state index in [9.17, 15) is 0 Å². The van der Waals surface area contributed by atoms with E-state index >= 15 is 0 Å². The summed E-state index contributed by atoms with van der Waals surface area (Å²) in [5.74, 6) is 0. The van der Waals surface area contributed by atoms with Crippen LogP contribution < -0.4 is 5.32 Å². The Morgan fingerprint density at radius 1 is 1.36 bits per heavy atom. The van der Waals surface area contributed by atoms with Gasteiger partial charge in [-0.2, -0.15) is 0 Å².